The maximum absolute atomic E-state index is 11.7. The molecule has 96 valence electrons. The molecule has 3 heteroatoms. The first-order chi connectivity index (χ1) is 8.63. The first-order valence-corrected chi connectivity index (χ1v) is 6.10. The number of benzene rings is 1. The molecule has 3 atom stereocenters. The predicted octanol–water partition coefficient (Wildman–Crippen LogP) is 2.88. The Bertz CT molecular complexity index is 450. The van der Waals surface area contributed by atoms with Crippen molar-refractivity contribution in [3.63, 3.8) is 0 Å². The van der Waals surface area contributed by atoms with Gasteiger partial charge >= 0.3 is 5.97 Å². The van der Waals surface area contributed by atoms with Crippen LogP contribution in [-0.2, 0) is 14.3 Å². The molecule has 0 saturated carbocycles. The lowest BCUT2D eigenvalue weighted by Crippen LogP contribution is -2.34. The van der Waals surface area contributed by atoms with E-state index in [1.165, 1.54) is 7.11 Å². The molecule has 2 rings (SSSR count). The molecule has 1 heterocycles. The van der Waals surface area contributed by atoms with Crippen molar-refractivity contribution in [1.29, 1.82) is 0 Å². The molecule has 0 saturated heterocycles. The van der Waals surface area contributed by atoms with E-state index in [1.54, 1.807) is 0 Å². The molecule has 1 aliphatic rings. The first-order valence-electron chi connectivity index (χ1n) is 6.10. The van der Waals surface area contributed by atoms with Gasteiger partial charge in [0.15, 0.2) is 6.10 Å². The van der Waals surface area contributed by atoms with Crippen molar-refractivity contribution >= 4 is 5.97 Å². The lowest BCUT2D eigenvalue weighted by atomic mass is 9.91. The number of carbonyl (C=O) groups excluding carboxylic acids is 1. The van der Waals surface area contributed by atoms with Crippen molar-refractivity contribution < 1.29 is 14.3 Å². The monoisotopic (exact) mass is 246 g/mol. The SMILES string of the molecule is COC(=O)[C@H]1O[C@H](c2ccccc2)[C@@H](C)C=C1C. The zero-order chi connectivity index (χ0) is 13.1. The normalized spacial score (nSPS) is 27.5. The third kappa shape index (κ3) is 2.46. The van der Waals surface area contributed by atoms with Gasteiger partial charge in [0.1, 0.15) is 0 Å². The van der Waals surface area contributed by atoms with Crippen molar-refractivity contribution in [2.24, 2.45) is 5.92 Å². The van der Waals surface area contributed by atoms with Gasteiger partial charge in [-0.3, -0.25) is 0 Å². The average molecular weight is 246 g/mol. The van der Waals surface area contributed by atoms with Crippen molar-refractivity contribution in [2.45, 2.75) is 26.1 Å². The van der Waals surface area contributed by atoms with Crippen LogP contribution in [0.1, 0.15) is 25.5 Å². The number of esters is 1. The van der Waals surface area contributed by atoms with Gasteiger partial charge < -0.3 is 9.47 Å². The van der Waals surface area contributed by atoms with E-state index in [9.17, 15) is 4.79 Å². The molecular formula is C15H18O3. The van der Waals surface area contributed by atoms with Gasteiger partial charge in [-0.2, -0.15) is 0 Å². The van der Waals surface area contributed by atoms with E-state index in [4.69, 9.17) is 9.47 Å². The summed E-state index contributed by atoms with van der Waals surface area (Å²) in [5.41, 5.74) is 2.00. The van der Waals surface area contributed by atoms with E-state index in [1.807, 2.05) is 37.3 Å². The molecule has 0 N–H and O–H groups in total. The number of rotatable bonds is 2. The second-order valence-corrected chi connectivity index (χ2v) is 4.64. The van der Waals surface area contributed by atoms with E-state index in [0.717, 1.165) is 11.1 Å². The first kappa shape index (κ1) is 12.8. The maximum atomic E-state index is 11.7. The Labute approximate surface area is 107 Å². The molecule has 0 fully saturated rings. The summed E-state index contributed by atoms with van der Waals surface area (Å²) in [5.74, 6) is -0.0927. The van der Waals surface area contributed by atoms with Crippen LogP contribution in [0.4, 0.5) is 0 Å². The molecule has 18 heavy (non-hydrogen) atoms. The lowest BCUT2D eigenvalue weighted by Gasteiger charge is -2.32. The molecule has 0 bridgehead atoms. The number of carbonyl (C=O) groups is 1. The highest BCUT2D eigenvalue weighted by molar-refractivity contribution is 5.78. The Hall–Kier alpha value is -1.61. The van der Waals surface area contributed by atoms with Gasteiger partial charge in [0.05, 0.1) is 13.2 Å². The van der Waals surface area contributed by atoms with E-state index in [0.29, 0.717) is 0 Å². The fourth-order valence-electron chi connectivity index (χ4n) is 2.34. The number of hydrogen-bond acceptors (Lipinski definition) is 3. The Morgan fingerprint density at radius 2 is 1.94 bits per heavy atom. The molecule has 1 aromatic carbocycles. The van der Waals surface area contributed by atoms with Crippen molar-refractivity contribution in [3.8, 4) is 0 Å². The summed E-state index contributed by atoms with van der Waals surface area (Å²) in [6.45, 7) is 3.99. The summed E-state index contributed by atoms with van der Waals surface area (Å²) in [6.07, 6.45) is 1.40. The van der Waals surface area contributed by atoms with Crippen LogP contribution in [0.25, 0.3) is 0 Å². The zero-order valence-corrected chi connectivity index (χ0v) is 10.9. The summed E-state index contributed by atoms with van der Waals surface area (Å²) in [6, 6.07) is 9.96. The van der Waals surface area contributed by atoms with Crippen LogP contribution in [0.15, 0.2) is 42.0 Å². The van der Waals surface area contributed by atoms with Gasteiger partial charge in [0.2, 0.25) is 0 Å². The Kier molecular flexibility index (Phi) is 3.82. The molecule has 3 nitrogen and oxygen atoms in total. The van der Waals surface area contributed by atoms with Crippen LogP contribution in [-0.4, -0.2) is 19.2 Å². The quantitative estimate of drug-likeness (QED) is 0.594. The fraction of sp³-hybridized carbons (Fsp3) is 0.400. The van der Waals surface area contributed by atoms with Crippen molar-refractivity contribution in [1.82, 2.24) is 0 Å². The van der Waals surface area contributed by atoms with Gasteiger partial charge in [-0.1, -0.05) is 43.3 Å². The number of ether oxygens (including phenoxy) is 2. The molecule has 0 spiro atoms. The van der Waals surface area contributed by atoms with Gasteiger partial charge in [-0.25, -0.2) is 4.79 Å². The van der Waals surface area contributed by atoms with Gasteiger partial charge in [-0.15, -0.1) is 0 Å². The second kappa shape index (κ2) is 5.36. The highest BCUT2D eigenvalue weighted by Gasteiger charge is 2.33. The fourth-order valence-corrected chi connectivity index (χ4v) is 2.34. The average Bonchev–Trinajstić information content (AvgIpc) is 2.39. The molecule has 0 radical (unpaired) electrons. The minimum absolute atomic E-state index is 0.0981. The molecule has 0 unspecified atom stereocenters. The van der Waals surface area contributed by atoms with Gasteiger partial charge in [0.25, 0.3) is 0 Å². The van der Waals surface area contributed by atoms with E-state index < -0.39 is 6.10 Å². The predicted molar refractivity (Wildman–Crippen MR) is 69.0 cm³/mol. The molecule has 1 aliphatic heterocycles. The Morgan fingerprint density at radius 3 is 2.56 bits per heavy atom. The standard InChI is InChI=1S/C15H18O3/c1-10-9-11(2)14(15(16)17-3)18-13(10)12-7-5-4-6-8-12/h4-10,13-14H,1-3H3/t10-,13-,14-/m0/s1. The highest BCUT2D eigenvalue weighted by atomic mass is 16.6. The highest BCUT2D eigenvalue weighted by Crippen LogP contribution is 2.35. The largest absolute Gasteiger partial charge is 0.467 e. The third-order valence-corrected chi connectivity index (χ3v) is 3.24. The van der Waals surface area contributed by atoms with Crippen LogP contribution >= 0.6 is 0 Å². The number of methoxy groups -OCH3 is 1. The molecule has 0 aromatic heterocycles. The van der Waals surface area contributed by atoms with Crippen LogP contribution < -0.4 is 0 Å². The second-order valence-electron chi connectivity index (χ2n) is 4.64. The Balaban J connectivity index is 2.27. The van der Waals surface area contributed by atoms with Crippen LogP contribution in [0.3, 0.4) is 0 Å². The summed E-state index contributed by atoms with van der Waals surface area (Å²) in [5, 5.41) is 0. The van der Waals surface area contributed by atoms with Crippen molar-refractivity contribution in [3.05, 3.63) is 47.5 Å². The van der Waals surface area contributed by atoms with Gasteiger partial charge in [-0.05, 0) is 18.1 Å². The summed E-state index contributed by atoms with van der Waals surface area (Å²) < 4.78 is 10.7. The zero-order valence-electron chi connectivity index (χ0n) is 10.9. The van der Waals surface area contributed by atoms with Crippen molar-refractivity contribution in [2.75, 3.05) is 7.11 Å². The van der Waals surface area contributed by atoms with Crippen LogP contribution in [0.5, 0.6) is 0 Å². The summed E-state index contributed by atoms with van der Waals surface area (Å²) >= 11 is 0. The molecule has 0 aliphatic carbocycles. The smallest absolute Gasteiger partial charge is 0.339 e. The van der Waals surface area contributed by atoms with E-state index >= 15 is 0 Å². The third-order valence-electron chi connectivity index (χ3n) is 3.24. The van der Waals surface area contributed by atoms with Crippen LogP contribution in [0, 0.1) is 5.92 Å². The van der Waals surface area contributed by atoms with E-state index in [2.05, 4.69) is 13.0 Å². The molecule has 1 aromatic rings. The van der Waals surface area contributed by atoms with E-state index in [-0.39, 0.29) is 18.0 Å². The maximum Gasteiger partial charge on any atom is 0.339 e. The van der Waals surface area contributed by atoms with Gasteiger partial charge in [0, 0.05) is 5.92 Å². The lowest BCUT2D eigenvalue weighted by molar-refractivity contribution is -0.157. The van der Waals surface area contributed by atoms with Crippen LogP contribution in [0.2, 0.25) is 0 Å². The number of hydrogen-bond donors (Lipinski definition) is 0. The Morgan fingerprint density at radius 1 is 1.28 bits per heavy atom. The summed E-state index contributed by atoms with van der Waals surface area (Å²) in [7, 11) is 1.38. The minimum Gasteiger partial charge on any atom is -0.467 e. The molecule has 0 amide bonds. The minimum atomic E-state index is -0.587. The topological polar surface area (TPSA) is 35.5 Å². The summed E-state index contributed by atoms with van der Waals surface area (Å²) in [4.78, 5) is 11.7. The molecular weight excluding hydrogens is 228 g/mol.